The lowest BCUT2D eigenvalue weighted by atomic mass is 10.1. The SMILES string of the molecule is NC(=O)c1ccc(COC(=O)CCSc2ccc(F)c(F)c2)cc1. The number of amides is 1. The van der Waals surface area contributed by atoms with Gasteiger partial charge in [0.15, 0.2) is 11.6 Å². The topological polar surface area (TPSA) is 69.4 Å². The van der Waals surface area contributed by atoms with Crippen LogP contribution in [0.25, 0.3) is 0 Å². The monoisotopic (exact) mass is 351 g/mol. The average molecular weight is 351 g/mol. The van der Waals surface area contributed by atoms with Crippen LogP contribution in [-0.2, 0) is 16.1 Å². The Labute approximate surface area is 142 Å². The summed E-state index contributed by atoms with van der Waals surface area (Å²) in [4.78, 5) is 23.1. The Morgan fingerprint density at radius 3 is 2.38 bits per heavy atom. The van der Waals surface area contributed by atoms with E-state index in [0.717, 1.165) is 17.7 Å². The van der Waals surface area contributed by atoms with Gasteiger partial charge in [0, 0.05) is 16.2 Å². The molecule has 2 aromatic carbocycles. The molecule has 4 nitrogen and oxygen atoms in total. The molecule has 0 saturated carbocycles. The number of carbonyl (C=O) groups is 2. The van der Waals surface area contributed by atoms with E-state index in [1.165, 1.54) is 17.8 Å². The van der Waals surface area contributed by atoms with Crippen LogP contribution in [0, 0.1) is 11.6 Å². The maximum atomic E-state index is 13.0. The van der Waals surface area contributed by atoms with Crippen LogP contribution in [0.3, 0.4) is 0 Å². The van der Waals surface area contributed by atoms with Gasteiger partial charge in [-0.25, -0.2) is 8.78 Å². The molecule has 0 heterocycles. The quantitative estimate of drug-likeness (QED) is 0.614. The van der Waals surface area contributed by atoms with E-state index in [2.05, 4.69) is 0 Å². The van der Waals surface area contributed by atoms with Crippen LogP contribution in [0.5, 0.6) is 0 Å². The fraction of sp³-hybridized carbons (Fsp3) is 0.176. The number of carbonyl (C=O) groups excluding carboxylic acids is 2. The highest BCUT2D eigenvalue weighted by Crippen LogP contribution is 2.21. The van der Waals surface area contributed by atoms with Crippen molar-refractivity contribution < 1.29 is 23.1 Å². The molecule has 1 amide bonds. The number of halogens is 2. The highest BCUT2D eigenvalue weighted by atomic mass is 32.2. The average Bonchev–Trinajstić information content (AvgIpc) is 2.56. The van der Waals surface area contributed by atoms with E-state index in [-0.39, 0.29) is 13.0 Å². The molecule has 126 valence electrons. The molecule has 2 aromatic rings. The summed E-state index contributed by atoms with van der Waals surface area (Å²) < 4.78 is 30.9. The van der Waals surface area contributed by atoms with Crippen LogP contribution in [0.4, 0.5) is 8.78 Å². The Balaban J connectivity index is 1.73. The first-order valence-electron chi connectivity index (χ1n) is 7.08. The second kappa shape index (κ2) is 8.44. The van der Waals surface area contributed by atoms with Gasteiger partial charge >= 0.3 is 5.97 Å². The number of nitrogens with two attached hydrogens (primary N) is 1. The standard InChI is InChI=1S/C17H15F2NO3S/c18-14-6-5-13(9-15(14)19)24-8-7-16(21)23-10-11-1-3-12(4-2-11)17(20)22/h1-6,9H,7-8,10H2,(H2,20,22). The zero-order valence-electron chi connectivity index (χ0n) is 12.6. The molecule has 0 unspecified atom stereocenters. The molecule has 7 heteroatoms. The van der Waals surface area contributed by atoms with Crippen molar-refractivity contribution in [2.45, 2.75) is 17.9 Å². The van der Waals surface area contributed by atoms with Crippen LogP contribution in [0.1, 0.15) is 22.3 Å². The van der Waals surface area contributed by atoms with Gasteiger partial charge in [0.1, 0.15) is 6.61 Å². The van der Waals surface area contributed by atoms with Crippen LogP contribution in [0.15, 0.2) is 47.4 Å². The maximum absolute atomic E-state index is 13.0. The van der Waals surface area contributed by atoms with Crippen LogP contribution in [-0.4, -0.2) is 17.6 Å². The van der Waals surface area contributed by atoms with E-state index in [1.54, 1.807) is 24.3 Å². The molecule has 0 spiro atoms. The lowest BCUT2D eigenvalue weighted by molar-refractivity contribution is -0.144. The normalized spacial score (nSPS) is 10.4. The van der Waals surface area contributed by atoms with Crippen molar-refractivity contribution in [3.8, 4) is 0 Å². The van der Waals surface area contributed by atoms with Crippen molar-refractivity contribution in [3.05, 3.63) is 65.2 Å². The van der Waals surface area contributed by atoms with Crippen LogP contribution < -0.4 is 5.73 Å². The van der Waals surface area contributed by atoms with E-state index < -0.39 is 23.5 Å². The predicted molar refractivity (Wildman–Crippen MR) is 86.5 cm³/mol. The minimum Gasteiger partial charge on any atom is -0.461 e. The first kappa shape index (κ1) is 17.9. The summed E-state index contributed by atoms with van der Waals surface area (Å²) in [7, 11) is 0. The summed E-state index contributed by atoms with van der Waals surface area (Å²) in [5.74, 6) is -2.34. The molecule has 0 aliphatic heterocycles. The molecule has 0 aliphatic rings. The van der Waals surface area contributed by atoms with E-state index in [0.29, 0.717) is 16.2 Å². The third kappa shape index (κ3) is 5.34. The Morgan fingerprint density at radius 2 is 1.75 bits per heavy atom. The highest BCUT2D eigenvalue weighted by Gasteiger charge is 2.07. The van der Waals surface area contributed by atoms with Gasteiger partial charge in [0.2, 0.25) is 5.91 Å². The van der Waals surface area contributed by atoms with Crippen molar-refractivity contribution in [1.29, 1.82) is 0 Å². The molecule has 0 radical (unpaired) electrons. The van der Waals surface area contributed by atoms with Gasteiger partial charge in [-0.05, 0) is 35.9 Å². The number of hydrogen-bond acceptors (Lipinski definition) is 4. The minimum atomic E-state index is -0.915. The third-order valence-electron chi connectivity index (χ3n) is 3.10. The highest BCUT2D eigenvalue weighted by molar-refractivity contribution is 7.99. The molecular weight excluding hydrogens is 336 g/mol. The van der Waals surface area contributed by atoms with Gasteiger partial charge in [0.05, 0.1) is 6.42 Å². The number of benzene rings is 2. The fourth-order valence-electron chi connectivity index (χ4n) is 1.82. The summed E-state index contributed by atoms with van der Waals surface area (Å²) in [5, 5.41) is 0. The Bertz CT molecular complexity index is 735. The zero-order valence-corrected chi connectivity index (χ0v) is 13.4. The van der Waals surface area contributed by atoms with E-state index in [1.807, 2.05) is 0 Å². The van der Waals surface area contributed by atoms with Crippen molar-refractivity contribution in [2.75, 3.05) is 5.75 Å². The second-order valence-electron chi connectivity index (χ2n) is 4.90. The van der Waals surface area contributed by atoms with Crippen LogP contribution >= 0.6 is 11.8 Å². The number of esters is 1. The number of primary amides is 1. The van der Waals surface area contributed by atoms with Gasteiger partial charge in [0.25, 0.3) is 0 Å². The molecule has 0 atom stereocenters. The van der Waals surface area contributed by atoms with E-state index in [9.17, 15) is 18.4 Å². The number of ether oxygens (including phenoxy) is 1. The summed E-state index contributed by atoms with van der Waals surface area (Å²) in [6.07, 6.45) is 0.142. The lowest BCUT2D eigenvalue weighted by Gasteiger charge is -2.06. The summed E-state index contributed by atoms with van der Waals surface area (Å²) >= 11 is 1.24. The first-order valence-corrected chi connectivity index (χ1v) is 8.06. The molecule has 0 saturated heterocycles. The van der Waals surface area contributed by atoms with Crippen molar-refractivity contribution >= 4 is 23.6 Å². The Hall–Kier alpha value is -2.41. The molecule has 2 rings (SSSR count). The van der Waals surface area contributed by atoms with Gasteiger partial charge in [-0.15, -0.1) is 11.8 Å². The fourth-order valence-corrected chi connectivity index (χ4v) is 2.68. The van der Waals surface area contributed by atoms with Crippen molar-refractivity contribution in [3.63, 3.8) is 0 Å². The van der Waals surface area contributed by atoms with Gasteiger partial charge in [-0.2, -0.15) is 0 Å². The minimum absolute atomic E-state index is 0.0910. The zero-order chi connectivity index (χ0) is 17.5. The van der Waals surface area contributed by atoms with Crippen LogP contribution in [0.2, 0.25) is 0 Å². The Morgan fingerprint density at radius 1 is 1.04 bits per heavy atom. The predicted octanol–water partition coefficient (Wildman–Crippen LogP) is 3.29. The largest absolute Gasteiger partial charge is 0.461 e. The summed E-state index contributed by atoms with van der Waals surface area (Å²) in [6.45, 7) is 0.0910. The molecule has 0 bridgehead atoms. The first-order chi connectivity index (χ1) is 11.5. The van der Waals surface area contributed by atoms with E-state index >= 15 is 0 Å². The maximum Gasteiger partial charge on any atom is 0.306 e. The molecule has 24 heavy (non-hydrogen) atoms. The van der Waals surface area contributed by atoms with Gasteiger partial charge < -0.3 is 10.5 Å². The molecule has 0 aliphatic carbocycles. The van der Waals surface area contributed by atoms with Gasteiger partial charge in [-0.1, -0.05) is 12.1 Å². The molecular formula is C17H15F2NO3S. The lowest BCUT2D eigenvalue weighted by Crippen LogP contribution is -2.11. The Kier molecular flexibility index (Phi) is 6.31. The number of hydrogen-bond donors (Lipinski definition) is 1. The molecule has 0 aromatic heterocycles. The molecule has 0 fully saturated rings. The number of thioether (sulfide) groups is 1. The smallest absolute Gasteiger partial charge is 0.306 e. The summed E-state index contributed by atoms with van der Waals surface area (Å²) in [6, 6.07) is 10.0. The van der Waals surface area contributed by atoms with Crippen molar-refractivity contribution in [2.24, 2.45) is 5.73 Å². The number of rotatable bonds is 7. The molecule has 2 N–H and O–H groups in total. The van der Waals surface area contributed by atoms with Gasteiger partial charge in [-0.3, -0.25) is 9.59 Å². The van der Waals surface area contributed by atoms with Crippen molar-refractivity contribution in [1.82, 2.24) is 0 Å². The second-order valence-corrected chi connectivity index (χ2v) is 6.06. The summed E-state index contributed by atoms with van der Waals surface area (Å²) in [5.41, 5.74) is 6.26. The van der Waals surface area contributed by atoms with E-state index in [4.69, 9.17) is 10.5 Å². The third-order valence-corrected chi connectivity index (χ3v) is 4.10.